The standard InChI is InChI=1S/C15H23ClN4/c1-3-12(7-17)20-14-6-10(13(18)4-9(2)16)5-11-8-19-15(11)14/h4,6,8,10,12-13,20H,3,5,7,17-18H2,1-2H3/b9-4+. The van der Waals surface area contributed by atoms with Gasteiger partial charge < -0.3 is 16.8 Å². The van der Waals surface area contributed by atoms with Crippen LogP contribution in [0.1, 0.15) is 26.7 Å². The van der Waals surface area contributed by atoms with E-state index in [-0.39, 0.29) is 18.0 Å². The lowest BCUT2D eigenvalue weighted by Crippen LogP contribution is -2.42. The fraction of sp³-hybridized carbons (Fsp3) is 0.533. The minimum Gasteiger partial charge on any atom is -0.380 e. The highest BCUT2D eigenvalue weighted by atomic mass is 35.5. The topological polar surface area (TPSA) is 76.4 Å². The smallest absolute Gasteiger partial charge is 0.0905 e. The molecule has 5 N–H and O–H groups in total. The molecule has 3 atom stereocenters. The van der Waals surface area contributed by atoms with Gasteiger partial charge in [-0.2, -0.15) is 0 Å². The van der Waals surface area contributed by atoms with Crippen LogP contribution in [0.4, 0.5) is 0 Å². The maximum absolute atomic E-state index is 6.21. The molecule has 20 heavy (non-hydrogen) atoms. The van der Waals surface area contributed by atoms with E-state index in [9.17, 15) is 0 Å². The zero-order valence-corrected chi connectivity index (χ0v) is 12.8. The van der Waals surface area contributed by atoms with Gasteiger partial charge in [0.15, 0.2) is 0 Å². The number of nitrogens with zero attached hydrogens (tertiary/aromatic N) is 1. The van der Waals surface area contributed by atoms with Crippen molar-refractivity contribution in [3.8, 4) is 0 Å². The molecule has 5 heteroatoms. The van der Waals surface area contributed by atoms with E-state index >= 15 is 0 Å². The van der Waals surface area contributed by atoms with E-state index in [1.807, 2.05) is 19.2 Å². The molecule has 1 aliphatic carbocycles. The fourth-order valence-corrected chi connectivity index (χ4v) is 2.66. The monoisotopic (exact) mass is 294 g/mol. The first kappa shape index (κ1) is 15.3. The maximum atomic E-state index is 6.21. The van der Waals surface area contributed by atoms with E-state index in [4.69, 9.17) is 23.1 Å². The van der Waals surface area contributed by atoms with E-state index in [0.29, 0.717) is 6.54 Å². The van der Waals surface area contributed by atoms with Crippen LogP contribution >= 0.6 is 11.6 Å². The lowest BCUT2D eigenvalue weighted by Gasteiger charge is -2.32. The second-order valence-electron chi connectivity index (χ2n) is 5.40. The molecule has 0 amide bonds. The second-order valence-corrected chi connectivity index (χ2v) is 5.99. The van der Waals surface area contributed by atoms with Crippen molar-refractivity contribution in [2.45, 2.75) is 38.8 Å². The molecule has 0 saturated carbocycles. The number of aliphatic imine (C=N–C) groups is 1. The Hall–Kier alpha value is -1.10. The van der Waals surface area contributed by atoms with Crippen LogP contribution in [0.3, 0.4) is 0 Å². The molecule has 110 valence electrons. The van der Waals surface area contributed by atoms with E-state index < -0.39 is 0 Å². The zero-order chi connectivity index (χ0) is 14.7. The van der Waals surface area contributed by atoms with Gasteiger partial charge in [0.25, 0.3) is 0 Å². The summed E-state index contributed by atoms with van der Waals surface area (Å²) in [4.78, 5) is 4.35. The molecule has 0 aromatic carbocycles. The van der Waals surface area contributed by atoms with Crippen molar-refractivity contribution in [2.24, 2.45) is 22.4 Å². The average molecular weight is 295 g/mol. The third-order valence-electron chi connectivity index (χ3n) is 3.80. The Balaban J connectivity index is 2.16. The van der Waals surface area contributed by atoms with Crippen molar-refractivity contribution in [3.63, 3.8) is 0 Å². The number of nitrogens with two attached hydrogens (primary N) is 2. The minimum absolute atomic E-state index is 0.0784. The number of hydrogen-bond acceptors (Lipinski definition) is 4. The molecular formula is C15H23ClN4. The Kier molecular flexibility index (Phi) is 5.02. The fourth-order valence-electron chi connectivity index (χ4n) is 2.52. The Morgan fingerprint density at radius 1 is 1.65 bits per heavy atom. The molecule has 0 bridgehead atoms. The quantitative estimate of drug-likeness (QED) is 0.701. The van der Waals surface area contributed by atoms with E-state index in [1.54, 1.807) is 0 Å². The molecule has 0 fully saturated rings. The van der Waals surface area contributed by atoms with E-state index in [1.165, 1.54) is 5.57 Å². The molecule has 0 spiro atoms. The highest BCUT2D eigenvalue weighted by molar-refractivity contribution is 6.29. The minimum atomic E-state index is -0.0784. The molecular weight excluding hydrogens is 272 g/mol. The van der Waals surface area contributed by atoms with Crippen molar-refractivity contribution < 1.29 is 0 Å². The van der Waals surface area contributed by atoms with Crippen molar-refractivity contribution in [2.75, 3.05) is 6.54 Å². The Morgan fingerprint density at radius 2 is 2.40 bits per heavy atom. The summed E-state index contributed by atoms with van der Waals surface area (Å²) in [7, 11) is 0. The number of nitrogens with one attached hydrogen (secondary N) is 1. The Labute approximate surface area is 125 Å². The van der Waals surface area contributed by atoms with Gasteiger partial charge in [0, 0.05) is 35.8 Å². The number of halogens is 1. The molecule has 3 unspecified atom stereocenters. The summed E-state index contributed by atoms with van der Waals surface area (Å²) < 4.78 is 0. The van der Waals surface area contributed by atoms with Gasteiger partial charge in [-0.05, 0) is 25.3 Å². The van der Waals surface area contributed by atoms with Gasteiger partial charge in [0.1, 0.15) is 0 Å². The molecule has 4 nitrogen and oxygen atoms in total. The van der Waals surface area contributed by atoms with Crippen LogP contribution in [-0.4, -0.2) is 24.3 Å². The molecule has 1 heterocycles. The maximum Gasteiger partial charge on any atom is 0.0905 e. The molecule has 1 aliphatic heterocycles. The zero-order valence-electron chi connectivity index (χ0n) is 12.1. The van der Waals surface area contributed by atoms with Gasteiger partial charge in [0.2, 0.25) is 0 Å². The van der Waals surface area contributed by atoms with Gasteiger partial charge in [-0.1, -0.05) is 30.7 Å². The SMILES string of the molecule is CCC(CN)NC1=CC(C(N)/C=C(\C)Cl)CC2=CN=C21. The summed E-state index contributed by atoms with van der Waals surface area (Å²) in [6, 6.07) is 0.191. The molecule has 0 aromatic heterocycles. The third-order valence-corrected chi connectivity index (χ3v) is 3.92. The first-order valence-corrected chi connectivity index (χ1v) is 7.48. The Morgan fingerprint density at radius 3 is 2.90 bits per heavy atom. The lowest BCUT2D eigenvalue weighted by molar-refractivity contribution is 0.532. The van der Waals surface area contributed by atoms with Crippen LogP contribution in [0, 0.1) is 5.92 Å². The van der Waals surface area contributed by atoms with E-state index in [0.717, 1.165) is 29.3 Å². The van der Waals surface area contributed by atoms with Gasteiger partial charge in [-0.15, -0.1) is 0 Å². The van der Waals surface area contributed by atoms with E-state index in [2.05, 4.69) is 23.3 Å². The lowest BCUT2D eigenvalue weighted by atomic mass is 9.82. The highest BCUT2D eigenvalue weighted by Gasteiger charge is 2.30. The largest absolute Gasteiger partial charge is 0.380 e. The molecule has 0 radical (unpaired) electrons. The van der Waals surface area contributed by atoms with Gasteiger partial charge in [-0.25, -0.2) is 0 Å². The molecule has 2 rings (SSSR count). The first-order chi connectivity index (χ1) is 9.55. The summed E-state index contributed by atoms with van der Waals surface area (Å²) in [5.74, 6) is 0.243. The molecule has 0 saturated heterocycles. The van der Waals surface area contributed by atoms with Crippen molar-refractivity contribution in [3.05, 3.63) is 34.7 Å². The number of fused-ring (bicyclic) bond motifs is 1. The highest BCUT2D eigenvalue weighted by Crippen LogP contribution is 2.32. The summed E-state index contributed by atoms with van der Waals surface area (Å²) in [6.45, 7) is 4.58. The van der Waals surface area contributed by atoms with Crippen LogP contribution < -0.4 is 16.8 Å². The van der Waals surface area contributed by atoms with Crippen molar-refractivity contribution >= 4 is 17.3 Å². The first-order valence-electron chi connectivity index (χ1n) is 7.10. The van der Waals surface area contributed by atoms with Crippen LogP contribution in [0.25, 0.3) is 0 Å². The van der Waals surface area contributed by atoms with Crippen LogP contribution in [0.2, 0.25) is 0 Å². The molecule has 0 aromatic rings. The summed E-state index contributed by atoms with van der Waals surface area (Å²) in [5, 5.41) is 4.21. The normalized spacial score (nSPS) is 24.8. The van der Waals surface area contributed by atoms with Crippen LogP contribution in [-0.2, 0) is 0 Å². The van der Waals surface area contributed by atoms with Crippen LogP contribution in [0.5, 0.6) is 0 Å². The van der Waals surface area contributed by atoms with Gasteiger partial charge in [-0.3, -0.25) is 4.99 Å². The van der Waals surface area contributed by atoms with Crippen molar-refractivity contribution in [1.82, 2.24) is 5.32 Å². The number of rotatable bonds is 6. The summed E-state index contributed by atoms with van der Waals surface area (Å²) in [6.07, 6.45) is 7.91. The number of hydrogen-bond donors (Lipinski definition) is 3. The van der Waals surface area contributed by atoms with Crippen molar-refractivity contribution in [1.29, 1.82) is 0 Å². The summed E-state index contributed by atoms with van der Waals surface area (Å²) >= 11 is 5.93. The Bertz CT molecular complexity index is 482. The van der Waals surface area contributed by atoms with Gasteiger partial charge >= 0.3 is 0 Å². The summed E-state index contributed by atoms with van der Waals surface area (Å²) in [5.41, 5.74) is 15.4. The predicted molar refractivity (Wildman–Crippen MR) is 85.6 cm³/mol. The molecule has 2 aliphatic rings. The number of allylic oxidation sites excluding steroid dienone is 2. The van der Waals surface area contributed by atoms with Crippen LogP contribution in [0.15, 0.2) is 39.6 Å². The van der Waals surface area contributed by atoms with Gasteiger partial charge in [0.05, 0.1) is 11.4 Å². The second kappa shape index (κ2) is 6.57. The predicted octanol–water partition coefficient (Wildman–Crippen LogP) is 2.03. The average Bonchev–Trinajstić information content (AvgIpc) is 2.36. The third kappa shape index (κ3) is 3.32.